The van der Waals surface area contributed by atoms with Gasteiger partial charge in [-0.05, 0) is 30.3 Å². The molecule has 0 unspecified atom stereocenters. The minimum Gasteiger partial charge on any atom is -0.400 e. The normalized spacial score (nSPS) is 10.6. The highest BCUT2D eigenvalue weighted by molar-refractivity contribution is 6.30. The van der Waals surface area contributed by atoms with Crippen LogP contribution in [0.2, 0.25) is 5.02 Å². The summed E-state index contributed by atoms with van der Waals surface area (Å²) in [5, 5.41) is 17.5. The standard InChI is InChI=1S/C13H11ClN4O4/c14-9-1-3-10(4-2-9)15-8-12(19)17-16-7-11-5-6-13(22-11)18(20)21/h1-7,15H,8H2,(H,17,19)/b16-7-. The largest absolute Gasteiger partial charge is 0.433 e. The third-order valence-corrected chi connectivity index (χ3v) is 2.72. The summed E-state index contributed by atoms with van der Waals surface area (Å²) in [7, 11) is 0. The first-order valence-corrected chi connectivity index (χ1v) is 6.48. The molecule has 0 aliphatic rings. The van der Waals surface area contributed by atoms with Crippen LogP contribution < -0.4 is 10.7 Å². The van der Waals surface area contributed by atoms with Crippen LogP contribution in [0.4, 0.5) is 11.6 Å². The third kappa shape index (κ3) is 4.60. The van der Waals surface area contributed by atoms with E-state index in [4.69, 9.17) is 16.0 Å². The van der Waals surface area contributed by atoms with E-state index in [9.17, 15) is 14.9 Å². The topological polar surface area (TPSA) is 110 Å². The lowest BCUT2D eigenvalue weighted by Crippen LogP contribution is -2.25. The lowest BCUT2D eigenvalue weighted by Gasteiger charge is -2.04. The van der Waals surface area contributed by atoms with Crippen molar-refractivity contribution in [2.75, 3.05) is 11.9 Å². The Balaban J connectivity index is 1.78. The van der Waals surface area contributed by atoms with Crippen molar-refractivity contribution >= 4 is 35.3 Å². The molecule has 0 atom stereocenters. The van der Waals surface area contributed by atoms with Gasteiger partial charge in [-0.25, -0.2) is 5.43 Å². The van der Waals surface area contributed by atoms with Crippen LogP contribution in [0.1, 0.15) is 5.76 Å². The van der Waals surface area contributed by atoms with Gasteiger partial charge in [0.1, 0.15) is 4.92 Å². The number of hydrogen-bond acceptors (Lipinski definition) is 6. The van der Waals surface area contributed by atoms with Crippen LogP contribution >= 0.6 is 11.6 Å². The number of halogens is 1. The second-order valence-corrected chi connectivity index (χ2v) is 4.52. The number of nitrogens with one attached hydrogen (secondary N) is 2. The molecule has 0 saturated heterocycles. The molecule has 1 aromatic carbocycles. The lowest BCUT2D eigenvalue weighted by atomic mass is 10.3. The van der Waals surface area contributed by atoms with Gasteiger partial charge in [0.05, 0.1) is 18.8 Å². The lowest BCUT2D eigenvalue weighted by molar-refractivity contribution is -0.402. The van der Waals surface area contributed by atoms with Crippen LogP contribution in [-0.4, -0.2) is 23.6 Å². The van der Waals surface area contributed by atoms with Gasteiger partial charge < -0.3 is 9.73 Å². The van der Waals surface area contributed by atoms with Crippen molar-refractivity contribution < 1.29 is 14.1 Å². The molecular formula is C13H11ClN4O4. The second kappa shape index (κ2) is 7.23. The van der Waals surface area contributed by atoms with Gasteiger partial charge in [-0.15, -0.1) is 0 Å². The summed E-state index contributed by atoms with van der Waals surface area (Å²) in [5.74, 6) is -0.609. The molecular weight excluding hydrogens is 312 g/mol. The molecule has 0 spiro atoms. The smallest absolute Gasteiger partial charge is 0.400 e. The van der Waals surface area contributed by atoms with E-state index >= 15 is 0 Å². The summed E-state index contributed by atoms with van der Waals surface area (Å²) >= 11 is 5.75. The molecule has 1 aromatic heterocycles. The number of rotatable bonds is 6. The first-order valence-electron chi connectivity index (χ1n) is 6.10. The predicted molar refractivity (Wildman–Crippen MR) is 81.0 cm³/mol. The van der Waals surface area contributed by atoms with Crippen LogP contribution in [0.25, 0.3) is 0 Å². The average Bonchev–Trinajstić information content (AvgIpc) is 2.96. The maximum Gasteiger partial charge on any atom is 0.433 e. The van der Waals surface area contributed by atoms with E-state index in [0.717, 1.165) is 5.69 Å². The van der Waals surface area contributed by atoms with Gasteiger partial charge in [0, 0.05) is 10.7 Å². The number of anilines is 1. The Morgan fingerprint density at radius 1 is 1.32 bits per heavy atom. The molecule has 0 aliphatic carbocycles. The molecule has 22 heavy (non-hydrogen) atoms. The Morgan fingerprint density at radius 3 is 2.68 bits per heavy atom. The van der Waals surface area contributed by atoms with Crippen molar-refractivity contribution in [2.24, 2.45) is 5.10 Å². The fraction of sp³-hybridized carbons (Fsp3) is 0.0769. The molecule has 1 heterocycles. The van der Waals surface area contributed by atoms with Gasteiger partial charge in [-0.3, -0.25) is 14.9 Å². The minimum atomic E-state index is -0.661. The van der Waals surface area contributed by atoms with Crippen molar-refractivity contribution in [2.45, 2.75) is 0 Å². The Morgan fingerprint density at radius 2 is 2.05 bits per heavy atom. The maximum atomic E-state index is 11.5. The monoisotopic (exact) mass is 322 g/mol. The van der Waals surface area contributed by atoms with Crippen molar-refractivity contribution in [1.82, 2.24) is 5.43 Å². The summed E-state index contributed by atoms with van der Waals surface area (Å²) < 4.78 is 4.84. The summed E-state index contributed by atoms with van der Waals surface area (Å²) in [5.41, 5.74) is 3.00. The molecule has 1 amide bonds. The summed E-state index contributed by atoms with van der Waals surface area (Å²) in [6, 6.07) is 9.44. The Kier molecular flexibility index (Phi) is 5.10. The summed E-state index contributed by atoms with van der Waals surface area (Å²) in [6.45, 7) is 0.0112. The predicted octanol–water partition coefficient (Wildman–Crippen LogP) is 2.40. The molecule has 8 nitrogen and oxygen atoms in total. The van der Waals surface area contributed by atoms with E-state index in [0.29, 0.717) is 5.02 Å². The van der Waals surface area contributed by atoms with E-state index < -0.39 is 10.8 Å². The van der Waals surface area contributed by atoms with Gasteiger partial charge in [-0.2, -0.15) is 5.10 Å². The Hall–Kier alpha value is -2.87. The van der Waals surface area contributed by atoms with Crippen LogP contribution in [0.15, 0.2) is 45.9 Å². The number of furan rings is 1. The van der Waals surface area contributed by atoms with Gasteiger partial charge in [0.25, 0.3) is 5.91 Å². The molecule has 2 aromatic rings. The number of carbonyl (C=O) groups excluding carboxylic acids is 1. The number of carbonyl (C=O) groups is 1. The highest BCUT2D eigenvalue weighted by atomic mass is 35.5. The van der Waals surface area contributed by atoms with E-state index in [2.05, 4.69) is 15.8 Å². The molecule has 0 radical (unpaired) electrons. The summed E-state index contributed by atoms with van der Waals surface area (Å²) in [6.07, 6.45) is 1.17. The fourth-order valence-electron chi connectivity index (χ4n) is 1.47. The number of benzene rings is 1. The zero-order chi connectivity index (χ0) is 15.9. The van der Waals surface area contributed by atoms with Gasteiger partial charge >= 0.3 is 5.88 Å². The number of hydrazone groups is 1. The molecule has 0 fully saturated rings. The third-order valence-electron chi connectivity index (χ3n) is 2.47. The molecule has 2 N–H and O–H groups in total. The first-order chi connectivity index (χ1) is 10.5. The Labute approximate surface area is 129 Å². The fourth-order valence-corrected chi connectivity index (χ4v) is 1.59. The van der Waals surface area contributed by atoms with Gasteiger partial charge in [0.2, 0.25) is 0 Å². The molecule has 114 valence electrons. The molecule has 2 rings (SSSR count). The molecule has 0 bridgehead atoms. The van der Waals surface area contributed by atoms with Gasteiger partial charge in [-0.1, -0.05) is 11.6 Å². The zero-order valence-electron chi connectivity index (χ0n) is 11.2. The number of amides is 1. The van der Waals surface area contributed by atoms with Crippen LogP contribution in [0, 0.1) is 10.1 Å². The average molecular weight is 323 g/mol. The molecule has 0 aliphatic heterocycles. The number of hydrogen-bond donors (Lipinski definition) is 2. The van der Waals surface area contributed by atoms with Crippen molar-refractivity contribution in [3.63, 3.8) is 0 Å². The van der Waals surface area contributed by atoms with Crippen LogP contribution in [0.5, 0.6) is 0 Å². The Bertz CT molecular complexity index is 696. The number of nitro groups is 1. The zero-order valence-corrected chi connectivity index (χ0v) is 11.9. The van der Waals surface area contributed by atoms with Gasteiger partial charge in [0.15, 0.2) is 5.76 Å². The van der Waals surface area contributed by atoms with E-state index in [1.807, 2.05) is 0 Å². The second-order valence-electron chi connectivity index (χ2n) is 4.09. The SMILES string of the molecule is O=C(CNc1ccc(Cl)cc1)N/N=C\c1ccc([N+](=O)[O-])o1. The van der Waals surface area contributed by atoms with E-state index in [1.165, 1.54) is 18.3 Å². The quantitative estimate of drug-likeness (QED) is 0.482. The highest BCUT2D eigenvalue weighted by Crippen LogP contribution is 2.14. The van der Waals surface area contributed by atoms with Crippen LogP contribution in [-0.2, 0) is 4.79 Å². The highest BCUT2D eigenvalue weighted by Gasteiger charge is 2.10. The van der Waals surface area contributed by atoms with E-state index in [1.54, 1.807) is 24.3 Å². The maximum absolute atomic E-state index is 11.5. The van der Waals surface area contributed by atoms with Crippen molar-refractivity contribution in [3.8, 4) is 0 Å². The van der Waals surface area contributed by atoms with Crippen molar-refractivity contribution in [1.29, 1.82) is 0 Å². The van der Waals surface area contributed by atoms with Crippen LogP contribution in [0.3, 0.4) is 0 Å². The molecule has 9 heteroatoms. The minimum absolute atomic E-state index is 0.0112. The number of nitrogens with zero attached hydrogens (tertiary/aromatic N) is 2. The van der Waals surface area contributed by atoms with E-state index in [-0.39, 0.29) is 18.2 Å². The van der Waals surface area contributed by atoms with Crippen molar-refractivity contribution in [3.05, 3.63) is 57.3 Å². The molecule has 0 saturated carbocycles. The summed E-state index contributed by atoms with van der Waals surface area (Å²) in [4.78, 5) is 21.3. The first kappa shape index (κ1) is 15.5.